The van der Waals surface area contributed by atoms with Gasteiger partial charge in [-0.05, 0) is 6.42 Å². The summed E-state index contributed by atoms with van der Waals surface area (Å²) in [5.74, 6) is -0.704. The molecule has 0 aromatic carbocycles. The number of rotatable bonds is 7. The molecule has 0 amide bonds. The summed E-state index contributed by atoms with van der Waals surface area (Å²) in [4.78, 5) is 0. The monoisotopic (exact) mass is 307 g/mol. The van der Waals surface area contributed by atoms with Crippen molar-refractivity contribution in [3.05, 3.63) is 0 Å². The minimum atomic E-state index is -3.44. The smallest absolute Gasteiger partial charge is 0.212 e. The average molecular weight is 308 g/mol. The van der Waals surface area contributed by atoms with E-state index in [0.717, 1.165) is 6.26 Å². The van der Waals surface area contributed by atoms with E-state index in [1.54, 1.807) is 0 Å². The molecule has 0 aromatic heterocycles. The Labute approximate surface area is 93.4 Å². The zero-order chi connectivity index (χ0) is 11.2. The molecule has 86 valence electrons. The topological polar surface area (TPSA) is 80.3 Å². The first kappa shape index (κ1) is 14.3. The maximum atomic E-state index is 11.2. The Morgan fingerprint density at radius 3 is 2.14 bits per heavy atom. The van der Waals surface area contributed by atoms with Gasteiger partial charge in [0.05, 0.1) is 11.5 Å². The second-order valence-electron chi connectivity index (χ2n) is 2.89. The third kappa shape index (κ3) is 8.92. The Morgan fingerprint density at radius 1 is 1.14 bits per heavy atom. The van der Waals surface area contributed by atoms with Crippen molar-refractivity contribution < 1.29 is 16.8 Å². The van der Waals surface area contributed by atoms with Crippen molar-refractivity contribution in [3.8, 4) is 0 Å². The summed E-state index contributed by atoms with van der Waals surface area (Å²) >= 11 is 3.16. The second-order valence-corrected chi connectivity index (χ2v) is 7.86. The average Bonchev–Trinajstić information content (AvgIpc) is 2.00. The van der Waals surface area contributed by atoms with Crippen LogP contribution in [0.4, 0.5) is 0 Å². The molecule has 0 bridgehead atoms. The molecule has 0 fully saturated rings. The molecule has 0 rings (SSSR count). The SMILES string of the molecule is CS(=O)(=O)CCS(=O)(=O)NCCCBr. The predicted octanol–water partition coefficient (Wildman–Crippen LogP) is -0.265. The van der Waals surface area contributed by atoms with Crippen molar-refractivity contribution in [2.75, 3.05) is 29.6 Å². The van der Waals surface area contributed by atoms with E-state index in [4.69, 9.17) is 0 Å². The lowest BCUT2D eigenvalue weighted by atomic mass is 10.5. The fourth-order valence-corrected chi connectivity index (χ4v) is 3.60. The van der Waals surface area contributed by atoms with Crippen LogP contribution in [0.1, 0.15) is 6.42 Å². The summed E-state index contributed by atoms with van der Waals surface area (Å²) in [5, 5.41) is 0.710. The molecular formula is C6H14BrNO4S2. The molecule has 0 atom stereocenters. The molecule has 0 aliphatic heterocycles. The molecule has 0 aliphatic carbocycles. The van der Waals surface area contributed by atoms with E-state index in [1.807, 2.05) is 0 Å². The minimum absolute atomic E-state index is 0.331. The summed E-state index contributed by atoms with van der Waals surface area (Å²) < 4.78 is 46.0. The van der Waals surface area contributed by atoms with Gasteiger partial charge in [0.25, 0.3) is 0 Å². The Hall–Kier alpha value is 0.340. The van der Waals surface area contributed by atoms with Crippen LogP contribution in [0.5, 0.6) is 0 Å². The molecule has 0 saturated heterocycles. The number of sulfone groups is 1. The maximum Gasteiger partial charge on any atom is 0.212 e. The van der Waals surface area contributed by atoms with Crippen LogP contribution < -0.4 is 4.72 Å². The van der Waals surface area contributed by atoms with Gasteiger partial charge in [-0.1, -0.05) is 15.9 Å². The third-order valence-corrected chi connectivity index (χ3v) is 4.51. The fourth-order valence-electron chi connectivity index (χ4n) is 0.628. The van der Waals surface area contributed by atoms with Crippen LogP contribution in [0.25, 0.3) is 0 Å². The van der Waals surface area contributed by atoms with Crippen molar-refractivity contribution in [2.45, 2.75) is 6.42 Å². The first-order valence-electron chi connectivity index (χ1n) is 3.98. The number of nitrogens with one attached hydrogen (secondary N) is 1. The molecule has 1 N–H and O–H groups in total. The Morgan fingerprint density at radius 2 is 1.71 bits per heavy atom. The fraction of sp³-hybridized carbons (Fsp3) is 1.00. The van der Waals surface area contributed by atoms with Crippen molar-refractivity contribution in [2.24, 2.45) is 0 Å². The van der Waals surface area contributed by atoms with Crippen molar-refractivity contribution >= 4 is 35.8 Å². The molecule has 0 aromatic rings. The van der Waals surface area contributed by atoms with Gasteiger partial charge in [0.1, 0.15) is 9.84 Å². The summed E-state index contributed by atoms with van der Waals surface area (Å²) in [5.41, 5.74) is 0. The van der Waals surface area contributed by atoms with Gasteiger partial charge in [0.15, 0.2) is 0 Å². The number of hydrogen-bond acceptors (Lipinski definition) is 4. The summed E-state index contributed by atoms with van der Waals surface area (Å²) in [6.45, 7) is 0.331. The number of alkyl halides is 1. The lowest BCUT2D eigenvalue weighted by Gasteiger charge is -2.04. The van der Waals surface area contributed by atoms with E-state index in [0.29, 0.717) is 18.3 Å². The molecular weight excluding hydrogens is 294 g/mol. The van der Waals surface area contributed by atoms with E-state index in [2.05, 4.69) is 20.7 Å². The molecule has 0 aliphatic rings. The molecule has 14 heavy (non-hydrogen) atoms. The molecule has 0 unspecified atom stereocenters. The molecule has 5 nitrogen and oxygen atoms in total. The zero-order valence-electron chi connectivity index (χ0n) is 7.86. The van der Waals surface area contributed by atoms with Gasteiger partial charge in [0.2, 0.25) is 10.0 Å². The molecule has 8 heteroatoms. The van der Waals surface area contributed by atoms with Gasteiger partial charge in [0, 0.05) is 18.1 Å². The number of hydrogen-bond donors (Lipinski definition) is 1. The van der Waals surface area contributed by atoms with Gasteiger partial charge in [-0.15, -0.1) is 0 Å². The van der Waals surface area contributed by atoms with Gasteiger partial charge >= 0.3 is 0 Å². The van der Waals surface area contributed by atoms with E-state index < -0.39 is 19.9 Å². The van der Waals surface area contributed by atoms with Crippen LogP contribution in [-0.2, 0) is 19.9 Å². The summed E-state index contributed by atoms with van der Waals surface area (Å²) in [6, 6.07) is 0. The Kier molecular flexibility index (Phi) is 6.19. The standard InChI is InChI=1S/C6H14BrNO4S2/c1-13(9,10)5-6-14(11,12)8-4-2-3-7/h8H,2-6H2,1H3. The van der Waals surface area contributed by atoms with Crippen molar-refractivity contribution in [3.63, 3.8) is 0 Å². The van der Waals surface area contributed by atoms with Crippen molar-refractivity contribution in [1.29, 1.82) is 0 Å². The molecule has 0 spiro atoms. The number of sulfonamides is 1. The molecule has 0 radical (unpaired) electrons. The van der Waals surface area contributed by atoms with Crippen LogP contribution in [0, 0.1) is 0 Å². The van der Waals surface area contributed by atoms with Crippen molar-refractivity contribution in [1.82, 2.24) is 4.72 Å². The van der Waals surface area contributed by atoms with Gasteiger partial charge in [-0.2, -0.15) is 0 Å². The Bertz CT molecular complexity index is 348. The predicted molar refractivity (Wildman–Crippen MR) is 59.9 cm³/mol. The second kappa shape index (κ2) is 6.04. The lowest BCUT2D eigenvalue weighted by Crippen LogP contribution is -2.30. The highest BCUT2D eigenvalue weighted by molar-refractivity contribution is 9.09. The van der Waals surface area contributed by atoms with E-state index in [1.165, 1.54) is 0 Å². The van der Waals surface area contributed by atoms with Crippen LogP contribution in [0.3, 0.4) is 0 Å². The zero-order valence-corrected chi connectivity index (χ0v) is 11.1. The van der Waals surface area contributed by atoms with Gasteiger partial charge < -0.3 is 0 Å². The molecule has 0 heterocycles. The third-order valence-electron chi connectivity index (χ3n) is 1.36. The van der Waals surface area contributed by atoms with Crippen LogP contribution in [-0.4, -0.2) is 46.5 Å². The van der Waals surface area contributed by atoms with Gasteiger partial charge in [-0.3, -0.25) is 0 Å². The summed E-state index contributed by atoms with van der Waals surface area (Å²) in [6.07, 6.45) is 1.69. The van der Waals surface area contributed by atoms with E-state index in [-0.39, 0.29) is 11.5 Å². The van der Waals surface area contributed by atoms with Crippen LogP contribution in [0.15, 0.2) is 0 Å². The van der Waals surface area contributed by atoms with Crippen LogP contribution >= 0.6 is 15.9 Å². The lowest BCUT2D eigenvalue weighted by molar-refractivity contribution is 0.578. The van der Waals surface area contributed by atoms with Gasteiger partial charge in [-0.25, -0.2) is 21.6 Å². The molecule has 0 saturated carbocycles. The van der Waals surface area contributed by atoms with E-state index >= 15 is 0 Å². The Balaban J connectivity index is 3.97. The first-order valence-corrected chi connectivity index (χ1v) is 8.81. The van der Waals surface area contributed by atoms with Crippen LogP contribution in [0.2, 0.25) is 0 Å². The first-order chi connectivity index (χ1) is 6.27. The maximum absolute atomic E-state index is 11.2. The highest BCUT2D eigenvalue weighted by Crippen LogP contribution is 1.91. The highest BCUT2D eigenvalue weighted by Gasteiger charge is 2.13. The minimum Gasteiger partial charge on any atom is -0.229 e. The van der Waals surface area contributed by atoms with E-state index in [9.17, 15) is 16.8 Å². The normalized spacial score (nSPS) is 13.0. The highest BCUT2D eigenvalue weighted by atomic mass is 79.9. The number of halogens is 1. The summed E-state index contributed by atoms with van der Waals surface area (Å²) in [7, 11) is -6.65. The largest absolute Gasteiger partial charge is 0.229 e. The quantitative estimate of drug-likeness (QED) is 0.519.